The molecule has 0 unspecified atom stereocenters. The summed E-state index contributed by atoms with van der Waals surface area (Å²) in [7, 11) is 3.95. The molecule has 2 aliphatic rings. The van der Waals surface area contributed by atoms with E-state index in [1.165, 1.54) is 0 Å². The van der Waals surface area contributed by atoms with Crippen LogP contribution < -0.4 is 10.2 Å². The van der Waals surface area contributed by atoms with E-state index in [9.17, 15) is 5.26 Å². The molecule has 1 aliphatic carbocycles. The minimum absolute atomic E-state index is 0.551. The molecule has 0 radical (unpaired) electrons. The summed E-state index contributed by atoms with van der Waals surface area (Å²) in [6.45, 7) is 2.12. The van der Waals surface area contributed by atoms with Crippen molar-refractivity contribution in [2.75, 3.05) is 25.0 Å². The van der Waals surface area contributed by atoms with E-state index < -0.39 is 0 Å². The lowest BCUT2D eigenvalue weighted by molar-refractivity contribution is 0.649. The standard InChI is InChI=1S/C23H22N8/c1-25-22-19-12-30(13-20(19)22)21-4-3-14(7-26-21)18-5-15(17-9-27-29(2)10-17)11-31-23(18)16(6-24)8-28-31/h3-5,7-11,19-20,22,25H,12-13H2,1-2H3/t19-,20+,22+. The van der Waals surface area contributed by atoms with E-state index in [2.05, 4.69) is 44.7 Å². The minimum atomic E-state index is 0.551. The first-order valence-corrected chi connectivity index (χ1v) is 10.5. The Labute approximate surface area is 179 Å². The highest BCUT2D eigenvalue weighted by Gasteiger charge is 2.55. The third kappa shape index (κ3) is 2.81. The van der Waals surface area contributed by atoms with Gasteiger partial charge in [0.05, 0.1) is 23.5 Å². The monoisotopic (exact) mass is 410 g/mol. The summed E-state index contributed by atoms with van der Waals surface area (Å²) < 4.78 is 3.55. The molecule has 1 saturated carbocycles. The summed E-state index contributed by atoms with van der Waals surface area (Å²) in [5.74, 6) is 2.50. The van der Waals surface area contributed by atoms with Gasteiger partial charge < -0.3 is 10.2 Å². The highest BCUT2D eigenvalue weighted by molar-refractivity contribution is 5.87. The van der Waals surface area contributed by atoms with Gasteiger partial charge in [-0.25, -0.2) is 9.50 Å². The lowest BCUT2D eigenvalue weighted by Gasteiger charge is -2.21. The van der Waals surface area contributed by atoms with Gasteiger partial charge in [0.2, 0.25) is 0 Å². The number of hydrogen-bond acceptors (Lipinski definition) is 6. The van der Waals surface area contributed by atoms with Gasteiger partial charge in [0.1, 0.15) is 11.9 Å². The molecule has 5 heterocycles. The number of aromatic nitrogens is 5. The fraction of sp³-hybridized carbons (Fsp3) is 0.304. The molecule has 8 heteroatoms. The number of hydrogen-bond donors (Lipinski definition) is 1. The fourth-order valence-corrected chi connectivity index (χ4v) is 5.03. The Bertz CT molecular complexity index is 1310. The Morgan fingerprint density at radius 1 is 1.03 bits per heavy atom. The number of aryl methyl sites for hydroxylation is 1. The highest BCUT2D eigenvalue weighted by Crippen LogP contribution is 2.46. The third-order valence-electron chi connectivity index (χ3n) is 6.68. The number of nitriles is 1. The van der Waals surface area contributed by atoms with E-state index in [-0.39, 0.29) is 0 Å². The van der Waals surface area contributed by atoms with Crippen molar-refractivity contribution in [3.05, 3.63) is 54.7 Å². The van der Waals surface area contributed by atoms with Crippen molar-refractivity contribution in [2.24, 2.45) is 18.9 Å². The smallest absolute Gasteiger partial charge is 0.128 e. The predicted octanol–water partition coefficient (Wildman–Crippen LogP) is 2.32. The molecule has 3 atom stereocenters. The topological polar surface area (TPSA) is 87.1 Å². The summed E-state index contributed by atoms with van der Waals surface area (Å²) >= 11 is 0. The summed E-state index contributed by atoms with van der Waals surface area (Å²) in [6, 6.07) is 9.21. The molecule has 4 aromatic heterocycles. The van der Waals surface area contributed by atoms with Crippen LogP contribution >= 0.6 is 0 Å². The number of piperidine rings is 1. The van der Waals surface area contributed by atoms with Gasteiger partial charge in [-0.2, -0.15) is 15.5 Å². The molecule has 1 saturated heterocycles. The van der Waals surface area contributed by atoms with Crippen LogP contribution in [0.5, 0.6) is 0 Å². The number of rotatable bonds is 4. The zero-order chi connectivity index (χ0) is 21.1. The molecule has 2 fully saturated rings. The van der Waals surface area contributed by atoms with Crippen molar-refractivity contribution < 1.29 is 0 Å². The van der Waals surface area contributed by atoms with Crippen LogP contribution in [0.4, 0.5) is 5.82 Å². The van der Waals surface area contributed by atoms with E-state index in [1.807, 2.05) is 38.9 Å². The summed E-state index contributed by atoms with van der Waals surface area (Å²) in [5, 5.41) is 21.7. The number of fused-ring (bicyclic) bond motifs is 2. The van der Waals surface area contributed by atoms with Crippen LogP contribution in [0.3, 0.4) is 0 Å². The van der Waals surface area contributed by atoms with Gasteiger partial charge in [-0.15, -0.1) is 0 Å². The molecule has 1 N–H and O–H groups in total. The summed E-state index contributed by atoms with van der Waals surface area (Å²) in [5.41, 5.74) is 5.24. The Kier molecular flexibility index (Phi) is 3.88. The van der Waals surface area contributed by atoms with Crippen LogP contribution in [-0.2, 0) is 7.05 Å². The van der Waals surface area contributed by atoms with Gasteiger partial charge in [0.25, 0.3) is 0 Å². The van der Waals surface area contributed by atoms with Crippen molar-refractivity contribution in [1.82, 2.24) is 29.7 Å². The molecule has 0 amide bonds. The van der Waals surface area contributed by atoms with Crippen molar-refractivity contribution in [3.63, 3.8) is 0 Å². The Hall–Kier alpha value is -3.70. The lowest BCUT2D eigenvalue weighted by atomic mass is 10.0. The first-order chi connectivity index (χ1) is 15.2. The molecule has 0 bridgehead atoms. The molecular formula is C23H22N8. The number of pyridine rings is 2. The van der Waals surface area contributed by atoms with Crippen LogP contribution in [0.25, 0.3) is 27.8 Å². The maximum absolute atomic E-state index is 9.60. The molecule has 0 spiro atoms. The molecule has 1 aliphatic heterocycles. The average Bonchev–Trinajstić information content (AvgIpc) is 3.23. The van der Waals surface area contributed by atoms with Crippen molar-refractivity contribution in [2.45, 2.75) is 6.04 Å². The Morgan fingerprint density at radius 2 is 1.87 bits per heavy atom. The zero-order valence-corrected chi connectivity index (χ0v) is 17.4. The number of nitrogens with one attached hydrogen (secondary N) is 1. The van der Waals surface area contributed by atoms with Crippen LogP contribution in [-0.4, -0.2) is 50.6 Å². The number of anilines is 1. The van der Waals surface area contributed by atoms with Crippen molar-refractivity contribution >= 4 is 11.3 Å². The first-order valence-electron chi connectivity index (χ1n) is 10.5. The van der Waals surface area contributed by atoms with E-state index in [0.717, 1.165) is 58.5 Å². The SMILES string of the molecule is CN[C@H]1[C@@H]2CN(c3ccc(-c4cc(-c5cnn(C)c5)cn5ncc(C#N)c45)cn3)C[C@@H]21. The molecule has 154 valence electrons. The second-order valence-electron chi connectivity index (χ2n) is 8.46. The molecule has 31 heavy (non-hydrogen) atoms. The van der Waals surface area contributed by atoms with Crippen LogP contribution in [0.15, 0.2) is 49.2 Å². The lowest BCUT2D eigenvalue weighted by Crippen LogP contribution is -2.30. The minimum Gasteiger partial charge on any atom is -0.356 e. The molecule has 8 nitrogen and oxygen atoms in total. The molecular weight excluding hydrogens is 388 g/mol. The van der Waals surface area contributed by atoms with Gasteiger partial charge in [0, 0.05) is 67.0 Å². The third-order valence-corrected chi connectivity index (χ3v) is 6.68. The van der Waals surface area contributed by atoms with Crippen LogP contribution in [0.2, 0.25) is 0 Å². The first kappa shape index (κ1) is 18.1. The largest absolute Gasteiger partial charge is 0.356 e. The highest BCUT2D eigenvalue weighted by atomic mass is 15.3. The molecule has 4 aromatic rings. The normalized spacial score (nSPS) is 22.0. The second kappa shape index (κ2) is 6.65. The fourth-order valence-electron chi connectivity index (χ4n) is 5.03. The van der Waals surface area contributed by atoms with E-state index in [0.29, 0.717) is 11.6 Å². The zero-order valence-electron chi connectivity index (χ0n) is 17.4. The van der Waals surface area contributed by atoms with Crippen molar-refractivity contribution in [1.29, 1.82) is 5.26 Å². The van der Waals surface area contributed by atoms with E-state index in [4.69, 9.17) is 4.98 Å². The summed E-state index contributed by atoms with van der Waals surface area (Å²) in [6.07, 6.45) is 9.26. The maximum atomic E-state index is 9.60. The Morgan fingerprint density at radius 3 is 2.52 bits per heavy atom. The Balaban J connectivity index is 1.39. The molecule has 0 aromatic carbocycles. The second-order valence-corrected chi connectivity index (χ2v) is 8.46. The van der Waals surface area contributed by atoms with Gasteiger partial charge >= 0.3 is 0 Å². The maximum Gasteiger partial charge on any atom is 0.128 e. The molecule has 6 rings (SSSR count). The summed E-state index contributed by atoms with van der Waals surface area (Å²) in [4.78, 5) is 7.14. The van der Waals surface area contributed by atoms with Gasteiger partial charge in [-0.05, 0) is 37.1 Å². The average molecular weight is 410 g/mol. The quantitative estimate of drug-likeness (QED) is 0.556. The van der Waals surface area contributed by atoms with Gasteiger partial charge in [-0.3, -0.25) is 4.68 Å². The predicted molar refractivity (Wildman–Crippen MR) is 117 cm³/mol. The van der Waals surface area contributed by atoms with Crippen LogP contribution in [0.1, 0.15) is 5.56 Å². The van der Waals surface area contributed by atoms with Gasteiger partial charge in [0.15, 0.2) is 0 Å². The van der Waals surface area contributed by atoms with E-state index in [1.54, 1.807) is 15.4 Å². The van der Waals surface area contributed by atoms with Gasteiger partial charge in [-0.1, -0.05) is 0 Å². The van der Waals surface area contributed by atoms with E-state index >= 15 is 0 Å². The van der Waals surface area contributed by atoms with Crippen molar-refractivity contribution in [3.8, 4) is 28.3 Å². The number of nitrogens with zero attached hydrogens (tertiary/aromatic N) is 7. The van der Waals surface area contributed by atoms with Crippen LogP contribution in [0, 0.1) is 23.2 Å².